The lowest BCUT2D eigenvalue weighted by atomic mass is 10.0. The summed E-state index contributed by atoms with van der Waals surface area (Å²) in [5.41, 5.74) is 4.74. The fraction of sp³-hybridized carbons (Fsp3) is 0.467. The summed E-state index contributed by atoms with van der Waals surface area (Å²) in [5.74, 6) is 0.385. The molecule has 1 aromatic heterocycles. The number of aromatic amines is 1. The number of benzene rings is 2. The maximum atomic E-state index is 12.6. The molecular formula is C30H42N4O3. The molecule has 7 nitrogen and oxygen atoms in total. The molecule has 2 amide bonds. The first-order chi connectivity index (χ1) is 17.5. The highest BCUT2D eigenvalue weighted by Gasteiger charge is 2.16. The van der Waals surface area contributed by atoms with Crippen LogP contribution < -0.4 is 5.32 Å². The summed E-state index contributed by atoms with van der Waals surface area (Å²) in [6.07, 6.45) is 2.72. The second-order valence-corrected chi connectivity index (χ2v) is 11.0. The van der Waals surface area contributed by atoms with Gasteiger partial charge in [-0.15, -0.1) is 0 Å². The van der Waals surface area contributed by atoms with Crippen molar-refractivity contribution in [3.05, 3.63) is 70.9 Å². The number of carbonyl (C=O) groups excluding carboxylic acids is 2. The third-order valence-electron chi connectivity index (χ3n) is 6.21. The SMILES string of the molecule is CC(C)c1ccc2[nH]c(C(=O)NCCN(C)CCCc3ccc(CN(C=O)OC(C)(C)C)cc3)cc2c1. The van der Waals surface area contributed by atoms with Crippen molar-refractivity contribution in [1.29, 1.82) is 0 Å². The molecule has 2 aromatic carbocycles. The van der Waals surface area contributed by atoms with Crippen LogP contribution in [-0.2, 0) is 22.6 Å². The maximum absolute atomic E-state index is 12.6. The number of nitrogens with one attached hydrogen (secondary N) is 2. The van der Waals surface area contributed by atoms with Gasteiger partial charge in [0.2, 0.25) is 6.41 Å². The molecule has 3 rings (SSSR count). The van der Waals surface area contributed by atoms with E-state index in [0.717, 1.165) is 48.8 Å². The number of hydroxylamine groups is 2. The number of amides is 2. The van der Waals surface area contributed by atoms with E-state index in [9.17, 15) is 9.59 Å². The predicted octanol–water partition coefficient (Wildman–Crippen LogP) is 5.27. The molecule has 0 unspecified atom stereocenters. The van der Waals surface area contributed by atoms with Crippen LogP contribution in [0.1, 0.15) is 74.1 Å². The Morgan fingerprint density at radius 3 is 2.41 bits per heavy atom. The normalized spacial score (nSPS) is 11.9. The van der Waals surface area contributed by atoms with Gasteiger partial charge >= 0.3 is 0 Å². The van der Waals surface area contributed by atoms with Crippen LogP contribution in [0.5, 0.6) is 0 Å². The van der Waals surface area contributed by atoms with Gasteiger partial charge < -0.3 is 15.2 Å². The number of likely N-dealkylation sites (N-methyl/N-ethyl adjacent to an activating group) is 1. The molecule has 0 atom stereocenters. The Morgan fingerprint density at radius 1 is 1.05 bits per heavy atom. The topological polar surface area (TPSA) is 77.7 Å². The van der Waals surface area contributed by atoms with Crippen molar-refractivity contribution in [3.8, 4) is 0 Å². The lowest BCUT2D eigenvalue weighted by Gasteiger charge is -2.26. The van der Waals surface area contributed by atoms with Gasteiger partial charge in [-0.1, -0.05) is 44.2 Å². The Balaban J connectivity index is 1.37. The number of H-pyrrole nitrogens is 1. The van der Waals surface area contributed by atoms with Gasteiger partial charge in [-0.2, -0.15) is 0 Å². The Bertz CT molecular complexity index is 1160. The van der Waals surface area contributed by atoms with Gasteiger partial charge in [0.15, 0.2) is 0 Å². The molecule has 200 valence electrons. The summed E-state index contributed by atoms with van der Waals surface area (Å²) in [4.78, 5) is 35.0. The lowest BCUT2D eigenvalue weighted by Crippen LogP contribution is -2.33. The monoisotopic (exact) mass is 506 g/mol. The number of nitrogens with zero attached hydrogens (tertiary/aromatic N) is 2. The molecule has 0 aliphatic heterocycles. The van der Waals surface area contributed by atoms with Gasteiger partial charge in [-0.05, 0) is 88.0 Å². The van der Waals surface area contributed by atoms with E-state index in [1.54, 1.807) is 0 Å². The van der Waals surface area contributed by atoms with Gasteiger partial charge in [0, 0.05) is 24.0 Å². The predicted molar refractivity (Wildman–Crippen MR) is 149 cm³/mol. The number of carbonyl (C=O) groups is 2. The van der Waals surface area contributed by atoms with Gasteiger partial charge in [0.1, 0.15) is 5.69 Å². The van der Waals surface area contributed by atoms with Crippen molar-refractivity contribution >= 4 is 23.2 Å². The zero-order valence-electron chi connectivity index (χ0n) is 23.1. The first kappa shape index (κ1) is 28.4. The molecule has 0 aliphatic carbocycles. The molecule has 0 saturated heterocycles. The third-order valence-corrected chi connectivity index (χ3v) is 6.21. The van der Waals surface area contributed by atoms with E-state index in [4.69, 9.17) is 4.84 Å². The number of fused-ring (bicyclic) bond motifs is 1. The van der Waals surface area contributed by atoms with Gasteiger partial charge in [-0.3, -0.25) is 14.4 Å². The number of aromatic nitrogens is 1. The number of hydrogen-bond acceptors (Lipinski definition) is 4. The molecule has 3 aromatic rings. The van der Waals surface area contributed by atoms with Crippen molar-refractivity contribution in [1.82, 2.24) is 20.3 Å². The molecule has 0 bridgehead atoms. The van der Waals surface area contributed by atoms with E-state index in [0.29, 0.717) is 24.7 Å². The van der Waals surface area contributed by atoms with E-state index >= 15 is 0 Å². The molecule has 1 heterocycles. The Labute approximate surface area is 221 Å². The van der Waals surface area contributed by atoms with Crippen LogP contribution >= 0.6 is 0 Å². The Kier molecular flexibility index (Phi) is 9.89. The van der Waals surface area contributed by atoms with Crippen molar-refractivity contribution in [2.45, 2.75) is 65.5 Å². The van der Waals surface area contributed by atoms with Crippen LogP contribution in [0.3, 0.4) is 0 Å². The van der Waals surface area contributed by atoms with Gasteiger partial charge in [0.25, 0.3) is 5.91 Å². The largest absolute Gasteiger partial charge is 0.351 e. The molecular weight excluding hydrogens is 464 g/mol. The maximum Gasteiger partial charge on any atom is 0.267 e. The quantitative estimate of drug-likeness (QED) is 0.244. The fourth-order valence-electron chi connectivity index (χ4n) is 4.19. The van der Waals surface area contributed by atoms with Crippen LogP contribution in [0, 0.1) is 0 Å². The van der Waals surface area contributed by atoms with Crippen LogP contribution in [0.2, 0.25) is 0 Å². The molecule has 0 spiro atoms. The van der Waals surface area contributed by atoms with Crippen LogP contribution in [-0.4, -0.2) is 59.5 Å². The zero-order chi connectivity index (χ0) is 27.0. The van der Waals surface area contributed by atoms with E-state index in [1.165, 1.54) is 16.2 Å². The van der Waals surface area contributed by atoms with Gasteiger partial charge in [-0.25, -0.2) is 5.06 Å². The van der Waals surface area contributed by atoms with Crippen LogP contribution in [0.15, 0.2) is 48.5 Å². The standard InChI is InChI=1S/C30H42N4O3/c1-22(2)25-13-14-27-26(18-25)19-28(32-27)29(36)31-15-17-33(6)16-7-8-23-9-11-24(12-10-23)20-34(21-35)37-30(3,4)5/h9-14,18-19,21-22,32H,7-8,15-17,20H2,1-6H3,(H,31,36). The minimum Gasteiger partial charge on any atom is -0.351 e. The number of hydrogen-bond donors (Lipinski definition) is 2. The highest BCUT2D eigenvalue weighted by Crippen LogP contribution is 2.22. The zero-order valence-corrected chi connectivity index (χ0v) is 23.1. The average molecular weight is 507 g/mol. The van der Waals surface area contributed by atoms with Gasteiger partial charge in [0.05, 0.1) is 12.1 Å². The molecule has 0 aliphatic rings. The summed E-state index contributed by atoms with van der Waals surface area (Å²) in [6, 6.07) is 16.5. The summed E-state index contributed by atoms with van der Waals surface area (Å²) in [6.45, 7) is 12.9. The summed E-state index contributed by atoms with van der Waals surface area (Å²) in [7, 11) is 2.08. The third kappa shape index (κ3) is 9.02. The van der Waals surface area contributed by atoms with Crippen LogP contribution in [0.4, 0.5) is 0 Å². The first-order valence-corrected chi connectivity index (χ1v) is 13.1. The van der Waals surface area contributed by atoms with Crippen molar-refractivity contribution < 1.29 is 14.4 Å². The molecule has 2 N–H and O–H groups in total. The van der Waals surface area contributed by atoms with E-state index < -0.39 is 5.60 Å². The minimum absolute atomic E-state index is 0.0724. The van der Waals surface area contributed by atoms with Crippen LogP contribution in [0.25, 0.3) is 10.9 Å². The van der Waals surface area contributed by atoms with Crippen molar-refractivity contribution in [2.75, 3.05) is 26.7 Å². The molecule has 0 fully saturated rings. The number of rotatable bonds is 13. The summed E-state index contributed by atoms with van der Waals surface area (Å²) in [5, 5.41) is 5.43. The number of aryl methyl sites for hydroxylation is 1. The molecule has 37 heavy (non-hydrogen) atoms. The summed E-state index contributed by atoms with van der Waals surface area (Å²) >= 11 is 0. The second kappa shape index (κ2) is 12.9. The van der Waals surface area contributed by atoms with E-state index in [1.807, 2.05) is 45.0 Å². The Hall–Kier alpha value is -3.16. The van der Waals surface area contributed by atoms with E-state index in [-0.39, 0.29) is 5.91 Å². The highest BCUT2D eigenvalue weighted by atomic mass is 16.7. The Morgan fingerprint density at radius 2 is 1.76 bits per heavy atom. The first-order valence-electron chi connectivity index (χ1n) is 13.1. The average Bonchev–Trinajstić information content (AvgIpc) is 3.27. The highest BCUT2D eigenvalue weighted by molar-refractivity contribution is 5.98. The summed E-state index contributed by atoms with van der Waals surface area (Å²) < 4.78 is 0. The second-order valence-electron chi connectivity index (χ2n) is 11.0. The minimum atomic E-state index is -0.413. The smallest absolute Gasteiger partial charge is 0.267 e. The molecule has 0 saturated carbocycles. The molecule has 0 radical (unpaired) electrons. The lowest BCUT2D eigenvalue weighted by molar-refractivity contribution is -0.220. The van der Waals surface area contributed by atoms with E-state index in [2.05, 4.69) is 60.4 Å². The fourth-order valence-corrected chi connectivity index (χ4v) is 4.19. The van der Waals surface area contributed by atoms with Crippen molar-refractivity contribution in [2.24, 2.45) is 0 Å². The molecule has 7 heteroatoms. The van der Waals surface area contributed by atoms with Crippen molar-refractivity contribution in [3.63, 3.8) is 0 Å².